The zero-order chi connectivity index (χ0) is 12.0. The van der Waals surface area contributed by atoms with Crippen molar-refractivity contribution in [3.63, 3.8) is 0 Å². The molecule has 16 heavy (non-hydrogen) atoms. The highest BCUT2D eigenvalue weighted by atomic mass is 15.2. The maximum absolute atomic E-state index is 3.47. The van der Waals surface area contributed by atoms with Crippen molar-refractivity contribution < 1.29 is 0 Å². The van der Waals surface area contributed by atoms with E-state index in [1.807, 2.05) is 0 Å². The Hall–Kier alpha value is -0.120. The van der Waals surface area contributed by atoms with Gasteiger partial charge in [0, 0.05) is 18.6 Å². The number of hydrogen-bond donors (Lipinski definition) is 1. The van der Waals surface area contributed by atoms with Gasteiger partial charge in [0.05, 0.1) is 0 Å². The maximum atomic E-state index is 3.47. The molecule has 0 bridgehead atoms. The summed E-state index contributed by atoms with van der Waals surface area (Å²) in [5.41, 5.74) is 0. The zero-order valence-corrected chi connectivity index (χ0v) is 11.5. The third-order valence-corrected chi connectivity index (χ3v) is 3.64. The lowest BCUT2D eigenvalue weighted by molar-refractivity contribution is 0.264. The molecule has 0 aliphatic carbocycles. The first kappa shape index (κ1) is 13.9. The Bertz CT molecular complexity index is 182. The molecule has 1 aliphatic rings. The third kappa shape index (κ3) is 4.81. The fourth-order valence-electron chi connectivity index (χ4n) is 2.51. The molecule has 0 aromatic carbocycles. The van der Waals surface area contributed by atoms with E-state index in [9.17, 15) is 0 Å². The molecule has 3 heteroatoms. The molecule has 1 saturated heterocycles. The summed E-state index contributed by atoms with van der Waals surface area (Å²) in [6, 6.07) is 1.46. The van der Waals surface area contributed by atoms with Crippen LogP contribution < -0.4 is 5.32 Å². The Morgan fingerprint density at radius 1 is 1.44 bits per heavy atom. The minimum Gasteiger partial charge on any atom is -0.315 e. The van der Waals surface area contributed by atoms with Gasteiger partial charge in [0.25, 0.3) is 0 Å². The van der Waals surface area contributed by atoms with Crippen molar-refractivity contribution in [1.29, 1.82) is 0 Å². The SMILES string of the molecule is CCNC(C)CCCN1CCC(N(C)C)C1. The van der Waals surface area contributed by atoms with E-state index in [4.69, 9.17) is 0 Å². The summed E-state index contributed by atoms with van der Waals surface area (Å²) >= 11 is 0. The van der Waals surface area contributed by atoms with E-state index in [-0.39, 0.29) is 0 Å². The predicted octanol–water partition coefficient (Wildman–Crippen LogP) is 1.40. The van der Waals surface area contributed by atoms with Gasteiger partial charge in [0.15, 0.2) is 0 Å². The first-order chi connectivity index (χ1) is 7.63. The van der Waals surface area contributed by atoms with Gasteiger partial charge in [-0.05, 0) is 59.9 Å². The molecule has 0 amide bonds. The van der Waals surface area contributed by atoms with Gasteiger partial charge in [-0.3, -0.25) is 0 Å². The summed E-state index contributed by atoms with van der Waals surface area (Å²) < 4.78 is 0. The summed E-state index contributed by atoms with van der Waals surface area (Å²) in [6.45, 7) is 9.39. The van der Waals surface area contributed by atoms with Gasteiger partial charge in [-0.25, -0.2) is 0 Å². The van der Waals surface area contributed by atoms with Crippen molar-refractivity contribution in [2.24, 2.45) is 0 Å². The molecule has 0 radical (unpaired) electrons. The average molecular weight is 227 g/mol. The second-order valence-electron chi connectivity index (χ2n) is 5.31. The monoisotopic (exact) mass is 227 g/mol. The average Bonchev–Trinajstić information content (AvgIpc) is 2.67. The van der Waals surface area contributed by atoms with Crippen LogP contribution in [0.15, 0.2) is 0 Å². The molecular weight excluding hydrogens is 198 g/mol. The molecule has 1 N–H and O–H groups in total. The molecule has 0 spiro atoms. The zero-order valence-electron chi connectivity index (χ0n) is 11.5. The quantitative estimate of drug-likeness (QED) is 0.709. The van der Waals surface area contributed by atoms with Crippen LogP contribution in [0, 0.1) is 0 Å². The molecule has 2 atom stereocenters. The van der Waals surface area contributed by atoms with E-state index < -0.39 is 0 Å². The van der Waals surface area contributed by atoms with Crippen LogP contribution in [0.1, 0.15) is 33.1 Å². The first-order valence-corrected chi connectivity index (χ1v) is 6.75. The van der Waals surface area contributed by atoms with Crippen molar-refractivity contribution in [3.8, 4) is 0 Å². The van der Waals surface area contributed by atoms with Crippen molar-refractivity contribution in [3.05, 3.63) is 0 Å². The predicted molar refractivity (Wildman–Crippen MR) is 70.9 cm³/mol. The minimum atomic E-state index is 0.678. The number of rotatable bonds is 7. The van der Waals surface area contributed by atoms with Crippen molar-refractivity contribution in [2.75, 3.05) is 40.3 Å². The normalized spacial score (nSPS) is 24.2. The van der Waals surface area contributed by atoms with Crippen LogP contribution in [0.4, 0.5) is 0 Å². The van der Waals surface area contributed by atoms with Crippen LogP contribution in [0.3, 0.4) is 0 Å². The number of nitrogens with zero attached hydrogens (tertiary/aromatic N) is 2. The van der Waals surface area contributed by atoms with Gasteiger partial charge in [-0.2, -0.15) is 0 Å². The summed E-state index contributed by atoms with van der Waals surface area (Å²) in [6.07, 6.45) is 3.97. The largest absolute Gasteiger partial charge is 0.315 e. The van der Waals surface area contributed by atoms with E-state index in [0.29, 0.717) is 6.04 Å². The smallest absolute Gasteiger partial charge is 0.0229 e. The fraction of sp³-hybridized carbons (Fsp3) is 1.00. The molecule has 96 valence electrons. The highest BCUT2D eigenvalue weighted by Crippen LogP contribution is 2.13. The van der Waals surface area contributed by atoms with Crippen molar-refractivity contribution in [2.45, 2.75) is 45.2 Å². The maximum Gasteiger partial charge on any atom is 0.0229 e. The molecule has 1 rings (SSSR count). The van der Waals surface area contributed by atoms with Crippen molar-refractivity contribution >= 4 is 0 Å². The lowest BCUT2D eigenvalue weighted by atomic mass is 10.2. The van der Waals surface area contributed by atoms with Gasteiger partial charge in [0.1, 0.15) is 0 Å². The Balaban J connectivity index is 2.06. The lowest BCUT2D eigenvalue weighted by Crippen LogP contribution is -2.32. The number of likely N-dealkylation sites (tertiary alicyclic amines) is 1. The van der Waals surface area contributed by atoms with Crippen LogP contribution in [-0.4, -0.2) is 62.2 Å². The summed E-state index contributed by atoms with van der Waals surface area (Å²) in [5.74, 6) is 0. The molecule has 1 aliphatic heterocycles. The molecule has 3 nitrogen and oxygen atoms in total. The van der Waals surface area contributed by atoms with Gasteiger partial charge < -0.3 is 15.1 Å². The molecular formula is C13H29N3. The Morgan fingerprint density at radius 2 is 2.19 bits per heavy atom. The summed E-state index contributed by atoms with van der Waals surface area (Å²) in [7, 11) is 4.39. The third-order valence-electron chi connectivity index (χ3n) is 3.64. The Kier molecular flexibility index (Phi) is 6.32. The van der Waals surface area contributed by atoms with E-state index >= 15 is 0 Å². The van der Waals surface area contributed by atoms with Crippen LogP contribution >= 0.6 is 0 Å². The number of likely N-dealkylation sites (N-methyl/N-ethyl adjacent to an activating group) is 1. The van der Waals surface area contributed by atoms with Gasteiger partial charge >= 0.3 is 0 Å². The standard InChI is InChI=1S/C13H29N3/c1-5-14-12(2)7-6-9-16-10-8-13(11-16)15(3)4/h12-14H,5-11H2,1-4H3. The topological polar surface area (TPSA) is 18.5 Å². The van der Waals surface area contributed by atoms with Crippen LogP contribution in [0.2, 0.25) is 0 Å². The first-order valence-electron chi connectivity index (χ1n) is 6.75. The van der Waals surface area contributed by atoms with Gasteiger partial charge in [-0.1, -0.05) is 6.92 Å². The second kappa shape index (κ2) is 7.25. The fourth-order valence-corrected chi connectivity index (χ4v) is 2.51. The lowest BCUT2D eigenvalue weighted by Gasteiger charge is -2.21. The minimum absolute atomic E-state index is 0.678. The number of hydrogen-bond acceptors (Lipinski definition) is 3. The second-order valence-corrected chi connectivity index (χ2v) is 5.31. The van der Waals surface area contributed by atoms with E-state index in [2.05, 4.69) is 43.1 Å². The highest BCUT2D eigenvalue weighted by molar-refractivity contribution is 4.80. The Labute approximate surface area is 101 Å². The summed E-state index contributed by atoms with van der Waals surface area (Å²) in [5, 5.41) is 3.47. The molecule has 1 fully saturated rings. The van der Waals surface area contributed by atoms with E-state index in [1.165, 1.54) is 38.9 Å². The van der Waals surface area contributed by atoms with Gasteiger partial charge in [0.2, 0.25) is 0 Å². The molecule has 0 saturated carbocycles. The highest BCUT2D eigenvalue weighted by Gasteiger charge is 2.23. The van der Waals surface area contributed by atoms with E-state index in [0.717, 1.165) is 12.6 Å². The molecule has 0 aromatic heterocycles. The van der Waals surface area contributed by atoms with E-state index in [1.54, 1.807) is 0 Å². The van der Waals surface area contributed by atoms with Crippen molar-refractivity contribution in [1.82, 2.24) is 15.1 Å². The number of nitrogens with one attached hydrogen (secondary N) is 1. The molecule has 2 unspecified atom stereocenters. The Morgan fingerprint density at radius 3 is 2.75 bits per heavy atom. The van der Waals surface area contributed by atoms with Crippen LogP contribution in [0.5, 0.6) is 0 Å². The molecule has 1 heterocycles. The van der Waals surface area contributed by atoms with Crippen LogP contribution in [-0.2, 0) is 0 Å². The summed E-state index contributed by atoms with van der Waals surface area (Å²) in [4.78, 5) is 4.98. The van der Waals surface area contributed by atoms with Crippen LogP contribution in [0.25, 0.3) is 0 Å². The molecule has 0 aromatic rings. The van der Waals surface area contributed by atoms with Gasteiger partial charge in [-0.15, -0.1) is 0 Å².